The van der Waals surface area contributed by atoms with Crippen LogP contribution in [-0.2, 0) is 6.54 Å². The Kier molecular flexibility index (Phi) is 5.59. The normalized spacial score (nSPS) is 10.7. The maximum absolute atomic E-state index is 6.17. The Hall–Kier alpha value is -1.58. The van der Waals surface area contributed by atoms with Gasteiger partial charge in [-0.15, -0.1) is 0 Å². The smallest absolute Gasteiger partial charge is 0.219 e. The average Bonchev–Trinajstić information content (AvgIpc) is 2.45. The molecule has 2 aromatic rings. The molecule has 0 aliphatic heterocycles. The van der Waals surface area contributed by atoms with Crippen LogP contribution >= 0.6 is 11.6 Å². The summed E-state index contributed by atoms with van der Waals surface area (Å²) in [7, 11) is 0. The van der Waals surface area contributed by atoms with Gasteiger partial charge in [-0.25, -0.2) is 4.98 Å². The molecule has 0 amide bonds. The maximum Gasteiger partial charge on any atom is 0.219 e. The van der Waals surface area contributed by atoms with E-state index in [1.165, 1.54) is 0 Å². The zero-order valence-corrected chi connectivity index (χ0v) is 13.5. The first-order chi connectivity index (χ1) is 10.1. The second kappa shape index (κ2) is 7.43. The summed E-state index contributed by atoms with van der Waals surface area (Å²) in [4.78, 5) is 4.26. The van der Waals surface area contributed by atoms with Crippen molar-refractivity contribution in [2.24, 2.45) is 0 Å². The van der Waals surface area contributed by atoms with Crippen LogP contribution in [0.5, 0.6) is 11.6 Å². The molecule has 0 fully saturated rings. The monoisotopic (exact) mass is 304 g/mol. The molecule has 1 heterocycles. The first kappa shape index (κ1) is 15.8. The molecule has 0 unspecified atom stereocenters. The van der Waals surface area contributed by atoms with Gasteiger partial charge in [0.05, 0.1) is 0 Å². The number of nitrogens with zero attached hydrogens (tertiary/aromatic N) is 1. The number of rotatable bonds is 6. The lowest BCUT2D eigenvalue weighted by atomic mass is 10.1. The summed E-state index contributed by atoms with van der Waals surface area (Å²) in [5.74, 6) is 1.37. The first-order valence-electron chi connectivity index (χ1n) is 7.20. The standard InChI is InChI=1S/C17H21ClN2O/c1-4-6-19-11-14-5-7-20-16(10-14)21-15-8-12(2)17(18)13(3)9-15/h5,7-10,19H,4,6,11H2,1-3H3. The topological polar surface area (TPSA) is 34.2 Å². The Morgan fingerprint density at radius 3 is 2.57 bits per heavy atom. The van der Waals surface area contributed by atoms with E-state index >= 15 is 0 Å². The molecule has 0 aliphatic rings. The molecule has 0 atom stereocenters. The Morgan fingerprint density at radius 2 is 1.90 bits per heavy atom. The highest BCUT2D eigenvalue weighted by Gasteiger charge is 2.06. The summed E-state index contributed by atoms with van der Waals surface area (Å²) in [6.07, 6.45) is 2.89. The van der Waals surface area contributed by atoms with Crippen LogP contribution < -0.4 is 10.1 Å². The van der Waals surface area contributed by atoms with Gasteiger partial charge in [0.1, 0.15) is 5.75 Å². The summed E-state index contributed by atoms with van der Waals surface area (Å²) in [6, 6.07) is 7.81. The molecule has 0 spiro atoms. The van der Waals surface area contributed by atoms with E-state index in [1.54, 1.807) is 6.20 Å². The highest BCUT2D eigenvalue weighted by molar-refractivity contribution is 6.32. The van der Waals surface area contributed by atoms with E-state index < -0.39 is 0 Å². The molecule has 4 heteroatoms. The van der Waals surface area contributed by atoms with E-state index in [-0.39, 0.29) is 0 Å². The summed E-state index contributed by atoms with van der Waals surface area (Å²) in [6.45, 7) is 7.93. The van der Waals surface area contributed by atoms with Gasteiger partial charge in [-0.1, -0.05) is 18.5 Å². The molecule has 1 N–H and O–H groups in total. The van der Waals surface area contributed by atoms with Gasteiger partial charge < -0.3 is 10.1 Å². The van der Waals surface area contributed by atoms with E-state index in [1.807, 2.05) is 38.1 Å². The van der Waals surface area contributed by atoms with Crippen molar-refractivity contribution in [3.63, 3.8) is 0 Å². The number of halogens is 1. The maximum atomic E-state index is 6.17. The minimum Gasteiger partial charge on any atom is -0.439 e. The first-order valence-corrected chi connectivity index (χ1v) is 7.58. The molecular weight excluding hydrogens is 284 g/mol. The van der Waals surface area contributed by atoms with Crippen molar-refractivity contribution in [3.05, 3.63) is 52.2 Å². The summed E-state index contributed by atoms with van der Waals surface area (Å²) >= 11 is 6.17. The number of ether oxygens (including phenoxy) is 1. The Bertz CT molecular complexity index is 590. The molecule has 0 bridgehead atoms. The number of nitrogens with one attached hydrogen (secondary N) is 1. The molecule has 0 radical (unpaired) electrons. The predicted molar refractivity (Wildman–Crippen MR) is 87.2 cm³/mol. The van der Waals surface area contributed by atoms with E-state index in [0.717, 1.165) is 47.0 Å². The van der Waals surface area contributed by atoms with Crippen LogP contribution in [0.15, 0.2) is 30.5 Å². The van der Waals surface area contributed by atoms with Gasteiger partial charge in [0.15, 0.2) is 0 Å². The van der Waals surface area contributed by atoms with Gasteiger partial charge >= 0.3 is 0 Å². The van der Waals surface area contributed by atoms with E-state index in [0.29, 0.717) is 5.88 Å². The van der Waals surface area contributed by atoms with Gasteiger partial charge in [-0.3, -0.25) is 0 Å². The molecule has 112 valence electrons. The van der Waals surface area contributed by atoms with E-state index in [9.17, 15) is 0 Å². The van der Waals surface area contributed by atoms with Gasteiger partial charge in [-0.05, 0) is 61.7 Å². The molecule has 21 heavy (non-hydrogen) atoms. The SMILES string of the molecule is CCCNCc1ccnc(Oc2cc(C)c(Cl)c(C)c2)c1. The zero-order valence-electron chi connectivity index (χ0n) is 12.7. The van der Waals surface area contributed by atoms with E-state index in [2.05, 4.69) is 17.2 Å². The van der Waals surface area contributed by atoms with Crippen molar-refractivity contribution >= 4 is 11.6 Å². The van der Waals surface area contributed by atoms with Crippen molar-refractivity contribution in [1.29, 1.82) is 0 Å². The molecular formula is C17H21ClN2O. The van der Waals surface area contributed by atoms with Gasteiger partial charge in [0, 0.05) is 23.8 Å². The predicted octanol–water partition coefficient (Wildman–Crippen LogP) is 4.64. The van der Waals surface area contributed by atoms with Crippen molar-refractivity contribution in [2.75, 3.05) is 6.54 Å². The number of pyridine rings is 1. The summed E-state index contributed by atoms with van der Waals surface area (Å²) in [5, 5.41) is 4.15. The second-order valence-corrected chi connectivity index (χ2v) is 5.53. The lowest BCUT2D eigenvalue weighted by Crippen LogP contribution is -2.13. The molecule has 0 saturated carbocycles. The number of aryl methyl sites for hydroxylation is 2. The lowest BCUT2D eigenvalue weighted by molar-refractivity contribution is 0.461. The van der Waals surface area contributed by atoms with Crippen molar-refractivity contribution in [1.82, 2.24) is 10.3 Å². The third-order valence-corrected chi connectivity index (χ3v) is 3.78. The molecule has 0 saturated heterocycles. The van der Waals surface area contributed by atoms with Gasteiger partial charge in [0.25, 0.3) is 0 Å². The van der Waals surface area contributed by atoms with Crippen LogP contribution in [0.25, 0.3) is 0 Å². The average molecular weight is 305 g/mol. The fourth-order valence-electron chi connectivity index (χ4n) is 2.11. The number of hydrogen-bond donors (Lipinski definition) is 1. The van der Waals surface area contributed by atoms with Crippen LogP contribution in [0.3, 0.4) is 0 Å². The van der Waals surface area contributed by atoms with Gasteiger partial charge in [-0.2, -0.15) is 0 Å². The van der Waals surface area contributed by atoms with Crippen molar-refractivity contribution in [2.45, 2.75) is 33.7 Å². The largest absolute Gasteiger partial charge is 0.439 e. The highest BCUT2D eigenvalue weighted by atomic mass is 35.5. The highest BCUT2D eigenvalue weighted by Crippen LogP contribution is 2.28. The zero-order chi connectivity index (χ0) is 15.2. The molecule has 2 rings (SSSR count). The Labute approximate surface area is 131 Å². The molecule has 1 aromatic carbocycles. The minimum absolute atomic E-state index is 0.604. The number of hydrogen-bond acceptors (Lipinski definition) is 3. The second-order valence-electron chi connectivity index (χ2n) is 5.15. The van der Waals surface area contributed by atoms with Crippen molar-refractivity contribution < 1.29 is 4.74 Å². The number of aromatic nitrogens is 1. The van der Waals surface area contributed by atoms with E-state index in [4.69, 9.17) is 16.3 Å². The van der Waals surface area contributed by atoms with Gasteiger partial charge in [0.2, 0.25) is 5.88 Å². The summed E-state index contributed by atoms with van der Waals surface area (Å²) in [5.41, 5.74) is 3.18. The molecule has 1 aromatic heterocycles. The third-order valence-electron chi connectivity index (χ3n) is 3.19. The molecule has 0 aliphatic carbocycles. The quantitative estimate of drug-likeness (QED) is 0.789. The summed E-state index contributed by atoms with van der Waals surface area (Å²) < 4.78 is 5.84. The fraction of sp³-hybridized carbons (Fsp3) is 0.353. The fourth-order valence-corrected chi connectivity index (χ4v) is 2.22. The van der Waals surface area contributed by atoms with Crippen LogP contribution in [0, 0.1) is 13.8 Å². The lowest BCUT2D eigenvalue weighted by Gasteiger charge is -2.10. The third kappa shape index (κ3) is 4.45. The Morgan fingerprint density at radius 1 is 1.19 bits per heavy atom. The minimum atomic E-state index is 0.604. The van der Waals surface area contributed by atoms with Crippen LogP contribution in [0.1, 0.15) is 30.0 Å². The Balaban J connectivity index is 2.11. The van der Waals surface area contributed by atoms with Crippen molar-refractivity contribution in [3.8, 4) is 11.6 Å². The van der Waals surface area contributed by atoms with Crippen LogP contribution in [-0.4, -0.2) is 11.5 Å². The molecule has 3 nitrogen and oxygen atoms in total. The number of benzene rings is 1. The van der Waals surface area contributed by atoms with Crippen LogP contribution in [0.2, 0.25) is 5.02 Å². The van der Waals surface area contributed by atoms with Crippen LogP contribution in [0.4, 0.5) is 0 Å².